The molecule has 7 nitrogen and oxygen atoms in total. The van der Waals surface area contributed by atoms with Crippen molar-refractivity contribution in [1.82, 2.24) is 15.2 Å². The molecule has 0 bridgehead atoms. The number of benzene rings is 1. The molecule has 0 aliphatic rings. The molecule has 0 saturated carbocycles. The van der Waals surface area contributed by atoms with Gasteiger partial charge < -0.3 is 20.1 Å². The zero-order valence-electron chi connectivity index (χ0n) is 12.4. The van der Waals surface area contributed by atoms with Crippen molar-refractivity contribution < 1.29 is 9.47 Å². The first kappa shape index (κ1) is 14.8. The average Bonchev–Trinajstić information content (AvgIpc) is 2.53. The summed E-state index contributed by atoms with van der Waals surface area (Å²) >= 11 is 0. The number of aromatic nitrogens is 3. The van der Waals surface area contributed by atoms with Crippen molar-refractivity contribution in [3.8, 4) is 11.5 Å². The summed E-state index contributed by atoms with van der Waals surface area (Å²) in [6, 6.07) is 5.49. The molecule has 0 saturated heterocycles. The van der Waals surface area contributed by atoms with Gasteiger partial charge in [-0.3, -0.25) is 0 Å². The fourth-order valence-corrected chi connectivity index (χ4v) is 1.74. The molecule has 0 unspecified atom stereocenters. The van der Waals surface area contributed by atoms with Gasteiger partial charge in [0.25, 0.3) is 0 Å². The Balaban J connectivity index is 2.14. The number of rotatable bonds is 7. The highest BCUT2D eigenvalue weighted by molar-refractivity contribution is 5.60. The number of nitrogens with one attached hydrogen (secondary N) is 2. The van der Waals surface area contributed by atoms with Crippen molar-refractivity contribution in [3.63, 3.8) is 0 Å². The summed E-state index contributed by atoms with van der Waals surface area (Å²) in [5, 5.41) is 14.1. The van der Waals surface area contributed by atoms with Crippen LogP contribution in [0.2, 0.25) is 0 Å². The third kappa shape index (κ3) is 3.95. The Morgan fingerprint density at radius 1 is 1.14 bits per heavy atom. The third-order valence-corrected chi connectivity index (χ3v) is 2.75. The highest BCUT2D eigenvalue weighted by Crippen LogP contribution is 2.30. The predicted molar refractivity (Wildman–Crippen MR) is 81.4 cm³/mol. The van der Waals surface area contributed by atoms with E-state index in [0.717, 1.165) is 18.7 Å². The van der Waals surface area contributed by atoms with Gasteiger partial charge in [0.15, 0.2) is 17.3 Å². The maximum absolute atomic E-state index is 5.26. The Bertz CT molecular complexity index is 591. The second kappa shape index (κ2) is 7.28. The van der Waals surface area contributed by atoms with Crippen molar-refractivity contribution in [2.24, 2.45) is 0 Å². The lowest BCUT2D eigenvalue weighted by atomic mass is 10.3. The van der Waals surface area contributed by atoms with Gasteiger partial charge in [0, 0.05) is 18.3 Å². The van der Waals surface area contributed by atoms with Gasteiger partial charge in [0.2, 0.25) is 5.95 Å². The zero-order valence-corrected chi connectivity index (χ0v) is 12.4. The molecule has 112 valence electrons. The van der Waals surface area contributed by atoms with Gasteiger partial charge in [0.05, 0.1) is 20.4 Å². The SMILES string of the molecule is CCCNc1cnnc(Nc2ccc(OC)c(OC)c2)n1. The van der Waals surface area contributed by atoms with Crippen molar-refractivity contribution in [2.75, 3.05) is 31.4 Å². The van der Waals surface area contributed by atoms with Crippen LogP contribution in [0.1, 0.15) is 13.3 Å². The van der Waals surface area contributed by atoms with E-state index in [4.69, 9.17) is 9.47 Å². The highest BCUT2D eigenvalue weighted by Gasteiger charge is 2.06. The predicted octanol–water partition coefficient (Wildman–Crippen LogP) is 2.45. The van der Waals surface area contributed by atoms with Crippen LogP contribution in [-0.4, -0.2) is 35.9 Å². The number of hydrogen-bond donors (Lipinski definition) is 2. The molecule has 0 aliphatic heterocycles. The molecular formula is C14H19N5O2. The van der Waals surface area contributed by atoms with Gasteiger partial charge >= 0.3 is 0 Å². The van der Waals surface area contributed by atoms with E-state index in [1.165, 1.54) is 0 Å². The fourth-order valence-electron chi connectivity index (χ4n) is 1.74. The van der Waals surface area contributed by atoms with Crippen molar-refractivity contribution >= 4 is 17.5 Å². The summed E-state index contributed by atoms with van der Waals surface area (Å²) in [5.41, 5.74) is 0.794. The van der Waals surface area contributed by atoms with E-state index >= 15 is 0 Å². The topological polar surface area (TPSA) is 81.2 Å². The molecule has 0 amide bonds. The van der Waals surface area contributed by atoms with Gasteiger partial charge in [-0.2, -0.15) is 10.1 Å². The van der Waals surface area contributed by atoms with E-state index in [2.05, 4.69) is 32.7 Å². The van der Waals surface area contributed by atoms with Gasteiger partial charge in [-0.05, 0) is 18.6 Å². The largest absolute Gasteiger partial charge is 0.493 e. The molecular weight excluding hydrogens is 270 g/mol. The second-order valence-electron chi connectivity index (χ2n) is 4.29. The second-order valence-corrected chi connectivity index (χ2v) is 4.29. The van der Waals surface area contributed by atoms with Crippen LogP contribution in [0.25, 0.3) is 0 Å². The third-order valence-electron chi connectivity index (χ3n) is 2.75. The maximum atomic E-state index is 5.26. The van der Waals surface area contributed by atoms with E-state index in [9.17, 15) is 0 Å². The van der Waals surface area contributed by atoms with E-state index in [0.29, 0.717) is 23.3 Å². The van der Waals surface area contributed by atoms with E-state index in [1.54, 1.807) is 20.4 Å². The first-order chi connectivity index (χ1) is 10.3. The minimum atomic E-state index is 0.420. The first-order valence-corrected chi connectivity index (χ1v) is 6.69. The minimum absolute atomic E-state index is 0.420. The minimum Gasteiger partial charge on any atom is -0.493 e. The summed E-state index contributed by atoms with van der Waals surface area (Å²) < 4.78 is 10.5. The number of methoxy groups -OCH3 is 2. The van der Waals surface area contributed by atoms with Gasteiger partial charge in [0.1, 0.15) is 0 Å². The Morgan fingerprint density at radius 3 is 2.67 bits per heavy atom. The molecule has 0 spiro atoms. The van der Waals surface area contributed by atoms with Crippen LogP contribution in [0.4, 0.5) is 17.5 Å². The Labute approximate surface area is 123 Å². The summed E-state index contributed by atoms with van der Waals surface area (Å²) in [5.74, 6) is 2.41. The fraction of sp³-hybridized carbons (Fsp3) is 0.357. The quantitative estimate of drug-likeness (QED) is 0.810. The molecule has 0 atom stereocenters. The monoisotopic (exact) mass is 289 g/mol. The summed E-state index contributed by atoms with van der Waals surface area (Å²) in [6.07, 6.45) is 2.61. The van der Waals surface area contributed by atoms with Crippen molar-refractivity contribution in [2.45, 2.75) is 13.3 Å². The van der Waals surface area contributed by atoms with Crippen LogP contribution < -0.4 is 20.1 Å². The molecule has 2 rings (SSSR count). The first-order valence-electron chi connectivity index (χ1n) is 6.69. The lowest BCUT2D eigenvalue weighted by Crippen LogP contribution is -2.06. The van der Waals surface area contributed by atoms with Gasteiger partial charge in [-0.1, -0.05) is 6.92 Å². The molecule has 2 aromatic rings. The Hall–Kier alpha value is -2.57. The molecule has 0 fully saturated rings. The van der Waals surface area contributed by atoms with Crippen LogP contribution in [0, 0.1) is 0 Å². The van der Waals surface area contributed by atoms with Crippen LogP contribution in [0.3, 0.4) is 0 Å². The lowest BCUT2D eigenvalue weighted by Gasteiger charge is -2.10. The maximum Gasteiger partial charge on any atom is 0.249 e. The number of ether oxygens (including phenoxy) is 2. The molecule has 1 heterocycles. The van der Waals surface area contributed by atoms with Crippen molar-refractivity contribution in [1.29, 1.82) is 0 Å². The van der Waals surface area contributed by atoms with Gasteiger partial charge in [-0.15, -0.1) is 5.10 Å². The lowest BCUT2D eigenvalue weighted by molar-refractivity contribution is 0.355. The molecule has 0 radical (unpaired) electrons. The molecule has 1 aromatic heterocycles. The van der Waals surface area contributed by atoms with Crippen LogP contribution >= 0.6 is 0 Å². The molecule has 0 aliphatic carbocycles. The van der Waals surface area contributed by atoms with Crippen molar-refractivity contribution in [3.05, 3.63) is 24.4 Å². The average molecular weight is 289 g/mol. The normalized spacial score (nSPS) is 10.0. The number of anilines is 3. The molecule has 2 N–H and O–H groups in total. The standard InChI is InChI=1S/C14H19N5O2/c1-4-7-15-13-9-16-19-14(18-13)17-10-5-6-11(20-2)12(8-10)21-3/h5-6,8-9H,4,7H2,1-3H3,(H2,15,17,18,19). The van der Waals surface area contributed by atoms with E-state index < -0.39 is 0 Å². The van der Waals surface area contributed by atoms with E-state index in [-0.39, 0.29) is 0 Å². The van der Waals surface area contributed by atoms with Crippen LogP contribution in [0.15, 0.2) is 24.4 Å². The highest BCUT2D eigenvalue weighted by atomic mass is 16.5. The summed E-state index contributed by atoms with van der Waals surface area (Å²) in [6.45, 7) is 2.93. The number of nitrogens with zero attached hydrogens (tertiary/aromatic N) is 3. The van der Waals surface area contributed by atoms with E-state index in [1.807, 2.05) is 18.2 Å². The van der Waals surface area contributed by atoms with Crippen LogP contribution in [-0.2, 0) is 0 Å². The molecule has 21 heavy (non-hydrogen) atoms. The Kier molecular flexibility index (Phi) is 5.14. The summed E-state index contributed by atoms with van der Waals surface area (Å²) in [7, 11) is 3.19. The van der Waals surface area contributed by atoms with Crippen LogP contribution in [0.5, 0.6) is 11.5 Å². The molecule has 1 aromatic carbocycles. The molecule has 7 heteroatoms. The Morgan fingerprint density at radius 2 is 1.95 bits per heavy atom. The smallest absolute Gasteiger partial charge is 0.249 e. The zero-order chi connectivity index (χ0) is 15.1. The number of hydrogen-bond acceptors (Lipinski definition) is 7. The van der Waals surface area contributed by atoms with Gasteiger partial charge in [-0.25, -0.2) is 0 Å². The summed E-state index contributed by atoms with van der Waals surface area (Å²) in [4.78, 5) is 4.34.